The van der Waals surface area contributed by atoms with Crippen molar-refractivity contribution in [3.63, 3.8) is 0 Å². The molecule has 0 radical (unpaired) electrons. The van der Waals surface area contributed by atoms with Gasteiger partial charge in [-0.3, -0.25) is 14.6 Å². The molecular formula is C19H25FN4O. The Balaban J connectivity index is 1.52. The maximum atomic E-state index is 13.1. The molecule has 1 saturated heterocycles. The fourth-order valence-corrected chi connectivity index (χ4v) is 3.51. The van der Waals surface area contributed by atoms with Crippen LogP contribution in [0.1, 0.15) is 30.9 Å². The summed E-state index contributed by atoms with van der Waals surface area (Å²) >= 11 is 0. The van der Waals surface area contributed by atoms with E-state index in [1.165, 1.54) is 31.4 Å². The Hall–Kier alpha value is -1.97. The maximum absolute atomic E-state index is 13.1. The van der Waals surface area contributed by atoms with Crippen LogP contribution < -0.4 is 0 Å². The van der Waals surface area contributed by atoms with Crippen LogP contribution in [-0.2, 0) is 4.79 Å². The van der Waals surface area contributed by atoms with Gasteiger partial charge in [-0.2, -0.15) is 5.26 Å². The second kappa shape index (κ2) is 7.94. The minimum absolute atomic E-state index is 0.171. The molecule has 1 amide bonds. The molecule has 0 spiro atoms. The average Bonchev–Trinajstić information content (AvgIpc) is 2.56. The summed E-state index contributed by atoms with van der Waals surface area (Å²) in [7, 11) is 2.03. The lowest BCUT2D eigenvalue weighted by atomic mass is 9.92. The van der Waals surface area contributed by atoms with Gasteiger partial charge in [0.25, 0.3) is 0 Å². The average molecular weight is 344 g/mol. The smallest absolute Gasteiger partial charge is 0.236 e. The van der Waals surface area contributed by atoms with Gasteiger partial charge < -0.3 is 4.90 Å². The molecule has 1 atom stereocenters. The molecule has 0 aromatic heterocycles. The lowest BCUT2D eigenvalue weighted by Gasteiger charge is -2.39. The Bertz CT molecular complexity index is 630. The summed E-state index contributed by atoms with van der Waals surface area (Å²) in [6.45, 7) is 3.07. The maximum Gasteiger partial charge on any atom is 0.236 e. The lowest BCUT2D eigenvalue weighted by molar-refractivity contribution is -0.135. The van der Waals surface area contributed by atoms with Crippen LogP contribution in [0, 0.1) is 17.1 Å². The minimum Gasteiger partial charge on any atom is -0.339 e. The Morgan fingerprint density at radius 2 is 1.92 bits per heavy atom. The summed E-state index contributed by atoms with van der Waals surface area (Å²) in [5, 5.41) is 9.52. The van der Waals surface area contributed by atoms with Crippen LogP contribution in [0.5, 0.6) is 0 Å². The van der Waals surface area contributed by atoms with Crippen LogP contribution in [0.4, 0.5) is 4.39 Å². The highest BCUT2D eigenvalue weighted by molar-refractivity contribution is 5.78. The number of likely N-dealkylation sites (N-methyl/N-ethyl adjacent to an activating group) is 1. The van der Waals surface area contributed by atoms with E-state index in [1.807, 2.05) is 11.9 Å². The molecule has 5 nitrogen and oxygen atoms in total. The molecule has 6 heteroatoms. The number of rotatable bonds is 5. The quantitative estimate of drug-likeness (QED) is 0.820. The third-order valence-corrected chi connectivity index (χ3v) is 5.42. The van der Waals surface area contributed by atoms with E-state index < -0.39 is 6.04 Å². The summed E-state index contributed by atoms with van der Waals surface area (Å²) < 4.78 is 13.1. The number of hydrogen-bond donors (Lipinski definition) is 0. The van der Waals surface area contributed by atoms with Crippen molar-refractivity contribution in [2.75, 3.05) is 39.8 Å². The number of benzene rings is 1. The van der Waals surface area contributed by atoms with Crippen LogP contribution in [-0.4, -0.2) is 66.4 Å². The molecular weight excluding hydrogens is 319 g/mol. The normalized spacial score (nSPS) is 20.2. The van der Waals surface area contributed by atoms with Crippen LogP contribution in [0.3, 0.4) is 0 Å². The van der Waals surface area contributed by atoms with Crippen molar-refractivity contribution in [2.24, 2.45) is 0 Å². The van der Waals surface area contributed by atoms with Crippen molar-refractivity contribution < 1.29 is 9.18 Å². The third-order valence-electron chi connectivity index (χ3n) is 5.42. The molecule has 1 saturated carbocycles. The number of carbonyl (C=O) groups excluding carboxylic acids is 1. The number of halogens is 1. The van der Waals surface area contributed by atoms with E-state index in [2.05, 4.69) is 15.9 Å². The highest BCUT2D eigenvalue weighted by Gasteiger charge is 2.29. The van der Waals surface area contributed by atoms with E-state index in [0.717, 1.165) is 5.56 Å². The van der Waals surface area contributed by atoms with Gasteiger partial charge in [0.15, 0.2) is 0 Å². The first-order valence-electron chi connectivity index (χ1n) is 8.95. The summed E-state index contributed by atoms with van der Waals surface area (Å²) in [5.41, 5.74) is 0.799. The van der Waals surface area contributed by atoms with E-state index in [-0.39, 0.29) is 11.7 Å². The van der Waals surface area contributed by atoms with Crippen molar-refractivity contribution in [3.8, 4) is 6.07 Å². The van der Waals surface area contributed by atoms with Gasteiger partial charge >= 0.3 is 0 Å². The number of amides is 1. The summed E-state index contributed by atoms with van der Waals surface area (Å²) in [4.78, 5) is 18.6. The van der Waals surface area contributed by atoms with E-state index >= 15 is 0 Å². The third kappa shape index (κ3) is 4.17. The fourth-order valence-electron chi connectivity index (χ4n) is 3.51. The second-order valence-electron chi connectivity index (χ2n) is 7.00. The number of nitrogens with zero attached hydrogens (tertiary/aromatic N) is 4. The first-order chi connectivity index (χ1) is 12.1. The van der Waals surface area contributed by atoms with Crippen LogP contribution >= 0.6 is 0 Å². The molecule has 25 heavy (non-hydrogen) atoms. The Morgan fingerprint density at radius 1 is 1.28 bits per heavy atom. The van der Waals surface area contributed by atoms with E-state index in [1.54, 1.807) is 12.1 Å². The Labute approximate surface area is 148 Å². The van der Waals surface area contributed by atoms with Crippen molar-refractivity contribution >= 4 is 5.91 Å². The zero-order valence-electron chi connectivity index (χ0n) is 14.7. The van der Waals surface area contributed by atoms with Crippen molar-refractivity contribution in [2.45, 2.75) is 31.3 Å². The van der Waals surface area contributed by atoms with Gasteiger partial charge in [0.2, 0.25) is 5.91 Å². The van der Waals surface area contributed by atoms with Gasteiger partial charge in [0, 0.05) is 32.2 Å². The predicted octanol–water partition coefficient (Wildman–Crippen LogP) is 2.02. The fraction of sp³-hybridized carbons (Fsp3) is 0.579. The van der Waals surface area contributed by atoms with E-state index in [9.17, 15) is 14.4 Å². The molecule has 1 aromatic carbocycles. The summed E-state index contributed by atoms with van der Waals surface area (Å²) in [6, 6.07) is 8.57. The van der Waals surface area contributed by atoms with Gasteiger partial charge in [-0.05, 0) is 37.6 Å². The number of carbonyl (C=O) groups is 1. The molecule has 1 aliphatic carbocycles. The van der Waals surface area contributed by atoms with Crippen LogP contribution in [0.2, 0.25) is 0 Å². The molecule has 1 aliphatic heterocycles. The first-order valence-corrected chi connectivity index (χ1v) is 8.95. The number of hydrogen-bond acceptors (Lipinski definition) is 4. The van der Waals surface area contributed by atoms with Crippen molar-refractivity contribution in [1.82, 2.24) is 14.7 Å². The largest absolute Gasteiger partial charge is 0.339 e. The molecule has 2 aliphatic rings. The molecule has 0 N–H and O–H groups in total. The van der Waals surface area contributed by atoms with E-state index in [4.69, 9.17) is 0 Å². The van der Waals surface area contributed by atoms with Crippen molar-refractivity contribution in [1.29, 1.82) is 5.26 Å². The van der Waals surface area contributed by atoms with Crippen LogP contribution in [0.25, 0.3) is 0 Å². The molecule has 1 aromatic rings. The summed E-state index contributed by atoms with van der Waals surface area (Å²) in [5.74, 6) is -0.129. The van der Waals surface area contributed by atoms with Gasteiger partial charge in [-0.25, -0.2) is 4.39 Å². The molecule has 0 unspecified atom stereocenters. The van der Waals surface area contributed by atoms with Gasteiger partial charge in [-0.15, -0.1) is 0 Å². The van der Waals surface area contributed by atoms with Gasteiger partial charge in [0.1, 0.15) is 11.9 Å². The lowest BCUT2D eigenvalue weighted by Crippen LogP contribution is -2.52. The zero-order chi connectivity index (χ0) is 17.8. The number of piperazine rings is 1. The topological polar surface area (TPSA) is 50.6 Å². The van der Waals surface area contributed by atoms with Gasteiger partial charge in [0.05, 0.1) is 12.6 Å². The molecule has 134 valence electrons. The van der Waals surface area contributed by atoms with E-state index in [0.29, 0.717) is 38.8 Å². The monoisotopic (exact) mass is 344 g/mol. The highest BCUT2D eigenvalue weighted by atomic mass is 19.1. The van der Waals surface area contributed by atoms with Crippen molar-refractivity contribution in [3.05, 3.63) is 35.6 Å². The van der Waals surface area contributed by atoms with Gasteiger partial charge in [-0.1, -0.05) is 18.6 Å². The Morgan fingerprint density at radius 3 is 2.44 bits per heavy atom. The molecule has 1 heterocycles. The Kier molecular flexibility index (Phi) is 5.67. The highest BCUT2D eigenvalue weighted by Crippen LogP contribution is 2.24. The first kappa shape index (κ1) is 17.8. The molecule has 0 bridgehead atoms. The SMILES string of the molecule is CN(CC(=O)N1CCN([C@H](C#N)c2ccc(F)cc2)CC1)C1CCC1. The second-order valence-corrected chi connectivity index (χ2v) is 7.00. The molecule has 3 rings (SSSR count). The predicted molar refractivity (Wildman–Crippen MR) is 93.2 cm³/mol. The van der Waals surface area contributed by atoms with Crippen LogP contribution in [0.15, 0.2) is 24.3 Å². The molecule has 2 fully saturated rings. The minimum atomic E-state index is -0.393. The summed E-state index contributed by atoms with van der Waals surface area (Å²) in [6.07, 6.45) is 3.65. The number of nitriles is 1. The zero-order valence-corrected chi connectivity index (χ0v) is 14.7. The standard InChI is InChI=1S/C19H25FN4O/c1-22(17-3-2-4-17)14-19(25)24-11-9-23(10-12-24)18(13-21)15-5-7-16(20)8-6-15/h5-8,17-18H,2-4,9-12,14H2,1H3/t18-/m1/s1.